The smallest absolute Gasteiger partial charge is 0.261 e. The summed E-state index contributed by atoms with van der Waals surface area (Å²) in [5.74, 6) is -0.433. The molecule has 0 saturated heterocycles. The van der Waals surface area contributed by atoms with Gasteiger partial charge in [-0.3, -0.25) is 4.79 Å². The molecule has 2 N–H and O–H groups in total. The van der Waals surface area contributed by atoms with Crippen LogP contribution >= 0.6 is 7.14 Å². The van der Waals surface area contributed by atoms with Gasteiger partial charge in [-0.2, -0.15) is 0 Å². The highest BCUT2D eigenvalue weighted by molar-refractivity contribution is 7.83. The number of carbonyl (C=O) groups excluding carboxylic acids is 1. The molecule has 0 unspecified atom stereocenters. The molecular formula is C35H31N2O2P. The minimum Gasteiger partial charge on any atom is -0.354 e. The molecule has 40 heavy (non-hydrogen) atoms. The van der Waals surface area contributed by atoms with Crippen LogP contribution in [0.15, 0.2) is 145 Å². The Morgan fingerprint density at radius 2 is 0.950 bits per heavy atom. The number of hydrogen-bond acceptors (Lipinski definition) is 3. The highest BCUT2D eigenvalue weighted by Gasteiger charge is 2.39. The average Bonchev–Trinajstić information content (AvgIpc) is 2.99. The number of para-hydroxylation sites is 1. The van der Waals surface area contributed by atoms with Gasteiger partial charge in [-0.25, -0.2) is 0 Å². The maximum Gasteiger partial charge on any atom is 0.261 e. The van der Waals surface area contributed by atoms with Gasteiger partial charge in [-0.15, -0.1) is 0 Å². The van der Waals surface area contributed by atoms with Crippen molar-refractivity contribution in [2.75, 3.05) is 10.6 Å². The molecule has 5 rings (SSSR count). The highest BCUT2D eigenvalue weighted by Crippen LogP contribution is 2.55. The Hall–Kier alpha value is -4.66. The Labute approximate surface area is 235 Å². The second-order valence-electron chi connectivity index (χ2n) is 9.68. The predicted molar refractivity (Wildman–Crippen MR) is 168 cm³/mol. The van der Waals surface area contributed by atoms with Crippen LogP contribution in [0.1, 0.15) is 16.7 Å². The van der Waals surface area contributed by atoms with Crippen LogP contribution in [-0.4, -0.2) is 5.91 Å². The zero-order valence-corrected chi connectivity index (χ0v) is 23.4. The van der Waals surface area contributed by atoms with Crippen molar-refractivity contribution in [1.82, 2.24) is 0 Å². The second kappa shape index (κ2) is 12.0. The van der Waals surface area contributed by atoms with Gasteiger partial charge in [0.15, 0.2) is 7.14 Å². The molecule has 0 bridgehead atoms. The summed E-state index contributed by atoms with van der Waals surface area (Å²) in [5, 5.41) is 7.87. The number of rotatable bonds is 8. The van der Waals surface area contributed by atoms with E-state index in [0.717, 1.165) is 22.4 Å². The van der Waals surface area contributed by atoms with E-state index < -0.39 is 13.0 Å². The molecular weight excluding hydrogens is 511 g/mol. The standard InChI is InChI=1S/C35H31N2O2P/c1-26-18-22-28(23-19-26)33(36-30-24-20-27(2)21-25-30)34(35(38)37-29-12-6-3-7-13-29)40(39,31-14-8-4-9-15-31)32-16-10-5-11-17-32/h3-25,36H,1-2H3,(H,37,38)/b34-33-. The lowest BCUT2D eigenvalue weighted by atomic mass is 10.1. The molecule has 5 aromatic rings. The van der Waals surface area contributed by atoms with E-state index in [0.29, 0.717) is 22.0 Å². The number of anilines is 2. The summed E-state index contributed by atoms with van der Waals surface area (Å²) in [6.45, 7) is 4.04. The first-order valence-corrected chi connectivity index (χ1v) is 14.9. The van der Waals surface area contributed by atoms with E-state index >= 15 is 4.57 Å². The number of amides is 1. The van der Waals surface area contributed by atoms with Gasteiger partial charge in [0.2, 0.25) is 0 Å². The van der Waals surface area contributed by atoms with Crippen molar-refractivity contribution in [2.24, 2.45) is 0 Å². The summed E-state index contributed by atoms with van der Waals surface area (Å²) in [7, 11) is -3.70. The first-order valence-electron chi connectivity index (χ1n) is 13.2. The van der Waals surface area contributed by atoms with Gasteiger partial charge >= 0.3 is 0 Å². The van der Waals surface area contributed by atoms with Crippen LogP contribution in [-0.2, 0) is 9.36 Å². The predicted octanol–water partition coefficient (Wildman–Crippen LogP) is 7.74. The Kier molecular flexibility index (Phi) is 8.10. The minimum absolute atomic E-state index is 0.179. The lowest BCUT2D eigenvalue weighted by molar-refractivity contribution is -0.112. The molecule has 0 aliphatic rings. The Morgan fingerprint density at radius 1 is 0.525 bits per heavy atom. The molecule has 4 nitrogen and oxygen atoms in total. The quantitative estimate of drug-likeness (QED) is 0.156. The molecule has 5 aromatic carbocycles. The Morgan fingerprint density at radius 3 is 1.45 bits per heavy atom. The molecule has 0 atom stereocenters. The summed E-state index contributed by atoms with van der Waals surface area (Å²) >= 11 is 0. The van der Waals surface area contributed by atoms with Crippen LogP contribution in [0, 0.1) is 13.8 Å². The summed E-state index contributed by atoms with van der Waals surface area (Å²) in [5.41, 5.74) is 4.87. The summed E-state index contributed by atoms with van der Waals surface area (Å²) < 4.78 is 15.7. The average molecular weight is 543 g/mol. The molecule has 0 saturated carbocycles. The topological polar surface area (TPSA) is 58.2 Å². The summed E-state index contributed by atoms with van der Waals surface area (Å²) in [6.07, 6.45) is 0. The fraction of sp³-hybridized carbons (Fsp3) is 0.0571. The third-order valence-corrected chi connectivity index (χ3v) is 9.81. The second-order valence-corrected chi connectivity index (χ2v) is 12.4. The molecule has 0 aliphatic heterocycles. The highest BCUT2D eigenvalue weighted by atomic mass is 31.2. The van der Waals surface area contributed by atoms with Gasteiger partial charge in [0.25, 0.3) is 5.91 Å². The molecule has 5 heteroatoms. The Balaban J connectivity index is 1.84. The Bertz CT molecular complexity index is 1620. The van der Waals surface area contributed by atoms with Gasteiger partial charge in [0.05, 0.1) is 5.70 Å². The van der Waals surface area contributed by atoms with E-state index in [2.05, 4.69) is 10.6 Å². The van der Waals surface area contributed by atoms with E-state index in [1.165, 1.54) is 0 Å². The van der Waals surface area contributed by atoms with E-state index in [1.54, 1.807) is 0 Å². The number of carbonyl (C=O) groups is 1. The van der Waals surface area contributed by atoms with E-state index in [9.17, 15) is 4.79 Å². The summed E-state index contributed by atoms with van der Waals surface area (Å²) in [4.78, 5) is 14.5. The number of aryl methyl sites for hydroxylation is 2. The van der Waals surface area contributed by atoms with Gasteiger partial charge in [0, 0.05) is 22.0 Å². The molecule has 0 spiro atoms. The van der Waals surface area contributed by atoms with Crippen LogP contribution in [0.4, 0.5) is 11.4 Å². The molecule has 0 aliphatic carbocycles. The monoisotopic (exact) mass is 542 g/mol. The number of benzene rings is 5. The normalized spacial score (nSPS) is 11.8. The van der Waals surface area contributed by atoms with Crippen molar-refractivity contribution in [2.45, 2.75) is 13.8 Å². The van der Waals surface area contributed by atoms with E-state index in [4.69, 9.17) is 0 Å². The lowest BCUT2D eigenvalue weighted by Crippen LogP contribution is -2.27. The maximum atomic E-state index is 15.7. The fourth-order valence-corrected chi connectivity index (χ4v) is 7.42. The molecule has 0 heterocycles. The van der Waals surface area contributed by atoms with Gasteiger partial charge < -0.3 is 15.2 Å². The zero-order chi connectivity index (χ0) is 28.0. The third kappa shape index (κ3) is 5.83. The van der Waals surface area contributed by atoms with Gasteiger partial charge in [0.1, 0.15) is 5.31 Å². The molecule has 198 valence electrons. The van der Waals surface area contributed by atoms with E-state index in [-0.39, 0.29) is 5.31 Å². The van der Waals surface area contributed by atoms with Crippen molar-refractivity contribution in [3.8, 4) is 0 Å². The molecule has 0 radical (unpaired) electrons. The van der Waals surface area contributed by atoms with Crippen LogP contribution < -0.4 is 21.2 Å². The third-order valence-electron chi connectivity index (χ3n) is 6.70. The minimum atomic E-state index is -3.70. The van der Waals surface area contributed by atoms with Crippen LogP contribution in [0.2, 0.25) is 0 Å². The number of nitrogens with one attached hydrogen (secondary N) is 2. The number of hydrogen-bond donors (Lipinski definition) is 2. The zero-order valence-electron chi connectivity index (χ0n) is 22.5. The van der Waals surface area contributed by atoms with Crippen LogP contribution in [0.3, 0.4) is 0 Å². The van der Waals surface area contributed by atoms with Crippen LogP contribution in [0.5, 0.6) is 0 Å². The van der Waals surface area contributed by atoms with Crippen molar-refractivity contribution in [1.29, 1.82) is 0 Å². The van der Waals surface area contributed by atoms with Crippen molar-refractivity contribution in [3.05, 3.63) is 162 Å². The van der Waals surface area contributed by atoms with Crippen molar-refractivity contribution < 1.29 is 9.36 Å². The van der Waals surface area contributed by atoms with Crippen molar-refractivity contribution in [3.63, 3.8) is 0 Å². The molecule has 0 aromatic heterocycles. The lowest BCUT2D eigenvalue weighted by Gasteiger charge is -2.26. The first kappa shape index (κ1) is 26.9. The summed E-state index contributed by atoms with van der Waals surface area (Å²) in [6, 6.07) is 43.7. The maximum absolute atomic E-state index is 15.7. The molecule has 0 fully saturated rings. The van der Waals surface area contributed by atoms with Gasteiger partial charge in [-0.1, -0.05) is 126 Å². The first-order chi connectivity index (χ1) is 19.4. The molecule has 1 amide bonds. The van der Waals surface area contributed by atoms with E-state index in [1.807, 2.05) is 153 Å². The largest absolute Gasteiger partial charge is 0.354 e. The van der Waals surface area contributed by atoms with Crippen molar-refractivity contribution >= 4 is 40.7 Å². The fourth-order valence-electron chi connectivity index (χ4n) is 4.58. The SMILES string of the molecule is Cc1ccc(N/C(=C(/C(=O)Nc2ccccc2)P(=O)(c2ccccc2)c2ccccc2)c2ccc(C)cc2)cc1. The van der Waals surface area contributed by atoms with Gasteiger partial charge in [-0.05, 0) is 43.7 Å². The van der Waals surface area contributed by atoms with Crippen LogP contribution in [0.25, 0.3) is 5.70 Å².